The Balaban J connectivity index is 4.46. The van der Waals surface area contributed by atoms with Crippen LogP contribution >= 0.6 is 0 Å². The molecule has 0 aromatic rings. The molecule has 0 saturated carbocycles. The molecule has 6 heteroatoms. The van der Waals surface area contributed by atoms with Crippen molar-refractivity contribution in [2.45, 2.75) is 258 Å². The first kappa shape index (κ1) is 68.6. The number of ether oxygens (including phenoxy) is 3. The van der Waals surface area contributed by atoms with Crippen LogP contribution in [0.25, 0.3) is 0 Å². The molecule has 0 heterocycles. The lowest BCUT2D eigenvalue weighted by atomic mass is 10.1. The number of unbranched alkanes of at least 4 members (excludes halogenated alkanes) is 19. The van der Waals surface area contributed by atoms with Gasteiger partial charge >= 0.3 is 17.9 Å². The summed E-state index contributed by atoms with van der Waals surface area (Å²) in [7, 11) is 0. The Morgan fingerprint density at radius 2 is 0.493 bits per heavy atom. The van der Waals surface area contributed by atoms with Gasteiger partial charge in [0.1, 0.15) is 13.2 Å². The van der Waals surface area contributed by atoms with Crippen molar-refractivity contribution in [3.05, 3.63) is 134 Å². The van der Waals surface area contributed by atoms with Gasteiger partial charge in [-0.05, 0) is 128 Å². The van der Waals surface area contributed by atoms with Gasteiger partial charge in [-0.2, -0.15) is 0 Å². The van der Waals surface area contributed by atoms with E-state index in [1.807, 2.05) is 0 Å². The maximum absolute atomic E-state index is 12.9. The summed E-state index contributed by atoms with van der Waals surface area (Å²) >= 11 is 0. The van der Waals surface area contributed by atoms with Gasteiger partial charge in [0.2, 0.25) is 0 Å². The smallest absolute Gasteiger partial charge is 0.306 e. The van der Waals surface area contributed by atoms with Crippen molar-refractivity contribution < 1.29 is 28.6 Å². The average Bonchev–Trinajstić information content (AvgIpc) is 3.39. The fourth-order valence-electron chi connectivity index (χ4n) is 7.79. The quantitative estimate of drug-likeness (QED) is 0.0261. The summed E-state index contributed by atoms with van der Waals surface area (Å²) in [4.78, 5) is 38.3. The molecule has 0 radical (unpaired) electrons. The minimum absolute atomic E-state index is 0.0981. The molecule has 6 nitrogen and oxygen atoms in total. The standard InChI is InChI=1S/C67H108O6/c1-4-7-10-13-16-19-22-25-28-30-32-33-35-36-39-42-45-48-51-54-57-60-66(69)72-63-64(62-71-65(68)59-56-53-50-47-44-41-38-27-24-21-18-15-12-9-6-3)73-67(70)61-58-55-52-49-46-43-40-37-34-31-29-26-23-20-17-14-11-8-5-2/h7-12,16-21,25-29,32-34,37-38,64H,4-6,13-15,22-24,30-31,35-36,39-63H2,1-3H3/b10-7-,11-8-,12-9-,19-16-,20-17-,21-18-,28-25-,29-26-,33-32-,37-34-,38-27-. The Labute approximate surface area is 449 Å². The number of esters is 3. The van der Waals surface area contributed by atoms with E-state index in [-0.39, 0.29) is 31.1 Å². The lowest BCUT2D eigenvalue weighted by Gasteiger charge is -2.18. The van der Waals surface area contributed by atoms with Crippen LogP contribution in [-0.4, -0.2) is 37.2 Å². The van der Waals surface area contributed by atoms with Gasteiger partial charge in [-0.3, -0.25) is 14.4 Å². The van der Waals surface area contributed by atoms with Crippen molar-refractivity contribution >= 4 is 17.9 Å². The second-order valence-corrected chi connectivity index (χ2v) is 19.1. The maximum Gasteiger partial charge on any atom is 0.306 e. The second-order valence-electron chi connectivity index (χ2n) is 19.1. The third kappa shape index (κ3) is 58.3. The topological polar surface area (TPSA) is 78.9 Å². The summed E-state index contributed by atoms with van der Waals surface area (Å²) in [5.41, 5.74) is 0. The average molecular weight is 1010 g/mol. The highest BCUT2D eigenvalue weighted by molar-refractivity contribution is 5.71. The highest BCUT2D eigenvalue weighted by atomic mass is 16.6. The van der Waals surface area contributed by atoms with E-state index in [2.05, 4.69) is 154 Å². The zero-order valence-electron chi connectivity index (χ0n) is 47.1. The summed E-state index contributed by atoms with van der Waals surface area (Å²) in [5, 5.41) is 0. The van der Waals surface area contributed by atoms with E-state index in [0.29, 0.717) is 19.3 Å². The number of rotatable bonds is 52. The predicted octanol–water partition coefficient (Wildman–Crippen LogP) is 20.2. The Bertz CT molecular complexity index is 1580. The fourth-order valence-corrected chi connectivity index (χ4v) is 7.79. The third-order valence-electron chi connectivity index (χ3n) is 12.1. The zero-order valence-corrected chi connectivity index (χ0v) is 47.1. The Hall–Kier alpha value is -4.45. The molecule has 0 saturated heterocycles. The van der Waals surface area contributed by atoms with Crippen molar-refractivity contribution in [3.63, 3.8) is 0 Å². The molecule has 0 aliphatic heterocycles. The molecule has 0 rings (SSSR count). The molecular weight excluding hydrogens is 901 g/mol. The van der Waals surface area contributed by atoms with E-state index in [1.54, 1.807) is 0 Å². The molecule has 0 N–H and O–H groups in total. The molecule has 0 fully saturated rings. The minimum Gasteiger partial charge on any atom is -0.462 e. The Morgan fingerprint density at radius 1 is 0.274 bits per heavy atom. The van der Waals surface area contributed by atoms with Crippen LogP contribution in [0, 0.1) is 0 Å². The van der Waals surface area contributed by atoms with Crippen molar-refractivity contribution in [2.75, 3.05) is 13.2 Å². The van der Waals surface area contributed by atoms with Gasteiger partial charge in [-0.1, -0.05) is 238 Å². The molecule has 0 amide bonds. The van der Waals surface area contributed by atoms with Crippen molar-refractivity contribution in [1.82, 2.24) is 0 Å². The van der Waals surface area contributed by atoms with Crippen LogP contribution in [0.2, 0.25) is 0 Å². The van der Waals surface area contributed by atoms with E-state index < -0.39 is 6.10 Å². The Morgan fingerprint density at radius 3 is 0.767 bits per heavy atom. The van der Waals surface area contributed by atoms with Crippen LogP contribution in [0.4, 0.5) is 0 Å². The molecular formula is C67H108O6. The summed E-state index contributed by atoms with van der Waals surface area (Å²) in [6.45, 7) is 6.27. The van der Waals surface area contributed by atoms with Crippen LogP contribution in [0.15, 0.2) is 134 Å². The summed E-state index contributed by atoms with van der Waals surface area (Å²) in [6.07, 6.45) is 84.4. The number of carbonyl (C=O) groups excluding carboxylic acids is 3. The van der Waals surface area contributed by atoms with E-state index in [4.69, 9.17) is 14.2 Å². The normalized spacial score (nSPS) is 13.1. The van der Waals surface area contributed by atoms with Gasteiger partial charge in [0.25, 0.3) is 0 Å². The fraction of sp³-hybridized carbons (Fsp3) is 0.627. The van der Waals surface area contributed by atoms with E-state index in [1.165, 1.54) is 44.9 Å². The van der Waals surface area contributed by atoms with Crippen LogP contribution in [-0.2, 0) is 28.6 Å². The van der Waals surface area contributed by atoms with E-state index in [9.17, 15) is 14.4 Å². The molecule has 0 bridgehead atoms. The van der Waals surface area contributed by atoms with Gasteiger partial charge in [0, 0.05) is 19.3 Å². The first-order valence-electron chi connectivity index (χ1n) is 29.7. The van der Waals surface area contributed by atoms with E-state index in [0.717, 1.165) is 167 Å². The summed E-state index contributed by atoms with van der Waals surface area (Å²) in [5.74, 6) is -0.938. The highest BCUT2D eigenvalue weighted by Crippen LogP contribution is 2.14. The summed E-state index contributed by atoms with van der Waals surface area (Å²) < 4.78 is 16.9. The molecule has 0 aromatic carbocycles. The molecule has 0 aromatic heterocycles. The molecule has 0 spiro atoms. The predicted molar refractivity (Wildman–Crippen MR) is 316 cm³/mol. The van der Waals surface area contributed by atoms with Crippen molar-refractivity contribution in [3.8, 4) is 0 Å². The maximum atomic E-state index is 12.9. The SMILES string of the molecule is CC/C=C\C/C=C\C/C=C\C/C=C\CCCCCCCCCCC(=O)OCC(COC(=O)CCCCCCC/C=C\C/C=C\C/C=C\CC)OC(=O)CCCCCCCC/C=C\C/C=C\C/C=C\C/C=C\CC. The highest BCUT2D eigenvalue weighted by Gasteiger charge is 2.19. The van der Waals surface area contributed by atoms with Gasteiger partial charge < -0.3 is 14.2 Å². The molecule has 412 valence electrons. The zero-order chi connectivity index (χ0) is 52.9. The van der Waals surface area contributed by atoms with E-state index >= 15 is 0 Å². The largest absolute Gasteiger partial charge is 0.462 e. The first-order chi connectivity index (χ1) is 36.0. The van der Waals surface area contributed by atoms with Crippen LogP contribution in [0.3, 0.4) is 0 Å². The lowest BCUT2D eigenvalue weighted by Crippen LogP contribution is -2.30. The van der Waals surface area contributed by atoms with Crippen LogP contribution in [0.1, 0.15) is 252 Å². The number of hydrogen-bond acceptors (Lipinski definition) is 6. The monoisotopic (exact) mass is 1010 g/mol. The van der Waals surface area contributed by atoms with Gasteiger partial charge in [-0.15, -0.1) is 0 Å². The third-order valence-corrected chi connectivity index (χ3v) is 12.1. The molecule has 0 aliphatic carbocycles. The summed E-state index contributed by atoms with van der Waals surface area (Å²) in [6, 6.07) is 0. The number of allylic oxidation sites excluding steroid dienone is 22. The minimum atomic E-state index is -0.803. The molecule has 73 heavy (non-hydrogen) atoms. The molecule has 1 atom stereocenters. The second kappa shape index (κ2) is 60.1. The lowest BCUT2D eigenvalue weighted by molar-refractivity contribution is -0.167. The van der Waals surface area contributed by atoms with Gasteiger partial charge in [0.15, 0.2) is 6.10 Å². The first-order valence-corrected chi connectivity index (χ1v) is 29.7. The van der Waals surface area contributed by atoms with Gasteiger partial charge in [-0.25, -0.2) is 0 Å². The molecule has 0 aliphatic rings. The van der Waals surface area contributed by atoms with Crippen LogP contribution < -0.4 is 0 Å². The Kier molecular flexibility index (Phi) is 56.4. The van der Waals surface area contributed by atoms with Crippen molar-refractivity contribution in [1.29, 1.82) is 0 Å². The van der Waals surface area contributed by atoms with Crippen molar-refractivity contribution in [2.24, 2.45) is 0 Å². The number of hydrogen-bond donors (Lipinski definition) is 0. The van der Waals surface area contributed by atoms with Crippen LogP contribution in [0.5, 0.6) is 0 Å². The van der Waals surface area contributed by atoms with Gasteiger partial charge in [0.05, 0.1) is 0 Å². The molecule has 1 unspecified atom stereocenters. The number of carbonyl (C=O) groups is 3.